The lowest BCUT2D eigenvalue weighted by molar-refractivity contribution is -0.119. The van der Waals surface area contributed by atoms with Crippen LogP contribution in [0.3, 0.4) is 0 Å². The van der Waals surface area contributed by atoms with Crippen LogP contribution >= 0.6 is 11.3 Å². The zero-order valence-electron chi connectivity index (χ0n) is 14.0. The summed E-state index contributed by atoms with van der Waals surface area (Å²) in [5.41, 5.74) is 2.26. The molecule has 0 fully saturated rings. The van der Waals surface area contributed by atoms with Crippen molar-refractivity contribution in [2.45, 2.75) is 40.7 Å². The van der Waals surface area contributed by atoms with Crippen LogP contribution < -0.4 is 5.32 Å². The van der Waals surface area contributed by atoms with Gasteiger partial charge in [0.2, 0.25) is 5.91 Å². The van der Waals surface area contributed by atoms with Crippen molar-refractivity contribution in [1.29, 1.82) is 0 Å². The molecule has 0 aliphatic rings. The maximum atomic E-state index is 12.5. The van der Waals surface area contributed by atoms with Crippen LogP contribution in [-0.4, -0.2) is 28.3 Å². The molecule has 0 bridgehead atoms. The normalized spacial score (nSPS) is 12.0. The van der Waals surface area contributed by atoms with Crippen molar-refractivity contribution in [3.05, 3.63) is 34.0 Å². The van der Waals surface area contributed by atoms with Gasteiger partial charge in [-0.3, -0.25) is 9.48 Å². The molecule has 0 saturated carbocycles. The molecule has 1 unspecified atom stereocenters. The van der Waals surface area contributed by atoms with E-state index in [0.29, 0.717) is 17.2 Å². The summed E-state index contributed by atoms with van der Waals surface area (Å²) in [5, 5.41) is 7.52. The molecule has 0 aromatic carbocycles. The zero-order valence-corrected chi connectivity index (χ0v) is 14.8. The van der Waals surface area contributed by atoms with Gasteiger partial charge in [0.15, 0.2) is 0 Å². The Kier molecular flexibility index (Phi) is 5.20. The molecule has 0 saturated heterocycles. The Morgan fingerprint density at radius 1 is 1.39 bits per heavy atom. The number of anilines is 1. The second-order valence-electron chi connectivity index (χ2n) is 5.37. The van der Waals surface area contributed by atoms with Crippen molar-refractivity contribution in [3.63, 3.8) is 0 Å². The van der Waals surface area contributed by atoms with E-state index in [4.69, 9.17) is 4.74 Å². The average Bonchev–Trinajstić information content (AvgIpc) is 3.03. The third-order valence-electron chi connectivity index (χ3n) is 3.61. The fraction of sp³-hybridized carbons (Fsp3) is 0.438. The highest BCUT2D eigenvalue weighted by molar-refractivity contribution is 7.16. The number of amides is 1. The minimum absolute atomic E-state index is 0.222. The van der Waals surface area contributed by atoms with Crippen LogP contribution in [0.25, 0.3) is 0 Å². The molecule has 1 atom stereocenters. The Bertz CT molecular complexity index is 733. The summed E-state index contributed by atoms with van der Waals surface area (Å²) < 4.78 is 6.69. The van der Waals surface area contributed by atoms with Crippen molar-refractivity contribution in [3.8, 4) is 0 Å². The number of ether oxygens (including phenoxy) is 1. The van der Waals surface area contributed by atoms with Crippen molar-refractivity contribution in [1.82, 2.24) is 9.78 Å². The lowest BCUT2D eigenvalue weighted by Crippen LogP contribution is -2.24. The monoisotopic (exact) mass is 335 g/mol. The molecule has 0 aliphatic carbocycles. The number of esters is 1. The minimum Gasteiger partial charge on any atom is -0.462 e. The van der Waals surface area contributed by atoms with Gasteiger partial charge in [0, 0.05) is 11.1 Å². The molecule has 2 aromatic heterocycles. The highest BCUT2D eigenvalue weighted by Crippen LogP contribution is 2.33. The number of hydrogen-bond acceptors (Lipinski definition) is 5. The molecule has 0 aliphatic heterocycles. The van der Waals surface area contributed by atoms with Gasteiger partial charge in [0.25, 0.3) is 0 Å². The predicted octanol–water partition coefficient (Wildman–Crippen LogP) is 3.25. The van der Waals surface area contributed by atoms with Crippen molar-refractivity contribution < 1.29 is 14.3 Å². The summed E-state index contributed by atoms with van der Waals surface area (Å²) in [6.45, 7) is 9.50. The molecule has 124 valence electrons. The van der Waals surface area contributed by atoms with E-state index in [9.17, 15) is 9.59 Å². The maximum absolute atomic E-state index is 12.5. The smallest absolute Gasteiger partial charge is 0.341 e. The van der Waals surface area contributed by atoms with Crippen LogP contribution in [0.1, 0.15) is 46.3 Å². The van der Waals surface area contributed by atoms with Crippen molar-refractivity contribution >= 4 is 28.2 Å². The number of carbonyl (C=O) groups excluding carboxylic acids is 2. The number of thiophene rings is 1. The highest BCUT2D eigenvalue weighted by atomic mass is 32.1. The molecule has 2 rings (SSSR count). The van der Waals surface area contributed by atoms with Crippen LogP contribution in [-0.2, 0) is 9.53 Å². The van der Waals surface area contributed by atoms with Crippen LogP contribution in [0, 0.1) is 20.8 Å². The Morgan fingerprint density at radius 2 is 2.09 bits per heavy atom. The number of nitrogens with zero attached hydrogens (tertiary/aromatic N) is 2. The van der Waals surface area contributed by atoms with Crippen LogP contribution in [0.15, 0.2) is 12.4 Å². The van der Waals surface area contributed by atoms with Crippen LogP contribution in [0.4, 0.5) is 5.00 Å². The van der Waals surface area contributed by atoms with Gasteiger partial charge in [0.05, 0.1) is 18.4 Å². The molecule has 2 aromatic rings. The van der Waals surface area contributed by atoms with E-state index >= 15 is 0 Å². The fourth-order valence-corrected chi connectivity index (χ4v) is 3.20. The van der Waals surface area contributed by atoms with Crippen molar-refractivity contribution in [2.24, 2.45) is 0 Å². The summed E-state index contributed by atoms with van der Waals surface area (Å²) in [5.74, 6) is -0.632. The van der Waals surface area contributed by atoms with E-state index in [1.54, 1.807) is 30.9 Å². The largest absolute Gasteiger partial charge is 0.462 e. The first-order chi connectivity index (χ1) is 10.8. The lowest BCUT2D eigenvalue weighted by atomic mass is 10.1. The predicted molar refractivity (Wildman–Crippen MR) is 90.1 cm³/mol. The second kappa shape index (κ2) is 6.95. The number of hydrogen-bond donors (Lipinski definition) is 1. The molecule has 0 radical (unpaired) electrons. The first-order valence-corrected chi connectivity index (χ1v) is 8.25. The molecule has 1 N–H and O–H groups in total. The number of carbonyl (C=O) groups is 2. The lowest BCUT2D eigenvalue weighted by Gasteiger charge is -2.13. The molecule has 7 heteroatoms. The Balaban J connectivity index is 2.24. The van der Waals surface area contributed by atoms with E-state index in [1.165, 1.54) is 11.3 Å². The molecule has 1 amide bonds. The van der Waals surface area contributed by atoms with E-state index < -0.39 is 12.0 Å². The summed E-state index contributed by atoms with van der Waals surface area (Å²) in [6.07, 6.45) is 3.51. The SMILES string of the molecule is CCOC(=O)c1c(NC(=O)C(C)n2cc(C)cn2)sc(C)c1C. The minimum atomic E-state index is -0.471. The highest BCUT2D eigenvalue weighted by Gasteiger charge is 2.24. The first-order valence-electron chi connectivity index (χ1n) is 7.43. The third-order valence-corrected chi connectivity index (χ3v) is 4.73. The number of nitrogens with one attached hydrogen (secondary N) is 1. The Hall–Kier alpha value is -2.15. The summed E-state index contributed by atoms with van der Waals surface area (Å²) >= 11 is 1.38. The van der Waals surface area contributed by atoms with E-state index in [-0.39, 0.29) is 5.91 Å². The zero-order chi connectivity index (χ0) is 17.1. The molecule has 2 heterocycles. The van der Waals surface area contributed by atoms with Gasteiger partial charge in [-0.25, -0.2) is 4.79 Å². The van der Waals surface area contributed by atoms with Gasteiger partial charge >= 0.3 is 5.97 Å². The van der Waals surface area contributed by atoms with E-state index in [2.05, 4.69) is 10.4 Å². The Labute approximate surface area is 139 Å². The van der Waals surface area contributed by atoms with Gasteiger partial charge in [-0.2, -0.15) is 5.10 Å². The van der Waals surface area contributed by atoms with Crippen LogP contribution in [0.5, 0.6) is 0 Å². The third kappa shape index (κ3) is 3.61. The molecular formula is C16H21N3O3S. The van der Waals surface area contributed by atoms with E-state index in [0.717, 1.165) is 16.0 Å². The second-order valence-corrected chi connectivity index (χ2v) is 6.60. The molecule has 23 heavy (non-hydrogen) atoms. The van der Waals surface area contributed by atoms with Gasteiger partial charge < -0.3 is 10.1 Å². The van der Waals surface area contributed by atoms with Gasteiger partial charge in [-0.1, -0.05) is 0 Å². The summed E-state index contributed by atoms with van der Waals surface area (Å²) in [7, 11) is 0. The maximum Gasteiger partial charge on any atom is 0.341 e. The first kappa shape index (κ1) is 17.2. The van der Waals surface area contributed by atoms with Gasteiger partial charge in [-0.15, -0.1) is 11.3 Å². The standard InChI is InChI=1S/C16H21N3O3S/c1-6-22-16(21)13-10(3)12(5)23-15(13)18-14(20)11(4)19-8-9(2)7-17-19/h7-8,11H,6H2,1-5H3,(H,18,20). The molecular weight excluding hydrogens is 314 g/mol. The number of rotatable bonds is 5. The number of aromatic nitrogens is 2. The topological polar surface area (TPSA) is 73.2 Å². The van der Waals surface area contributed by atoms with Gasteiger partial charge in [-0.05, 0) is 45.7 Å². The van der Waals surface area contributed by atoms with Crippen molar-refractivity contribution in [2.75, 3.05) is 11.9 Å². The summed E-state index contributed by atoms with van der Waals surface area (Å²) in [4.78, 5) is 25.6. The summed E-state index contributed by atoms with van der Waals surface area (Å²) in [6, 6.07) is -0.471. The average molecular weight is 335 g/mol. The van der Waals surface area contributed by atoms with E-state index in [1.807, 2.05) is 20.8 Å². The quantitative estimate of drug-likeness (QED) is 0.851. The Morgan fingerprint density at radius 3 is 2.65 bits per heavy atom. The molecule has 6 nitrogen and oxygen atoms in total. The fourth-order valence-electron chi connectivity index (χ4n) is 2.15. The van der Waals surface area contributed by atoms with Gasteiger partial charge in [0.1, 0.15) is 11.0 Å². The number of aryl methyl sites for hydroxylation is 2. The molecule has 0 spiro atoms. The van der Waals surface area contributed by atoms with Crippen LogP contribution in [0.2, 0.25) is 0 Å².